The molecular formula is C23H29FN4O. The Hall–Kier alpha value is -2.47. The highest BCUT2D eigenvalue weighted by Gasteiger charge is 2.36. The van der Waals surface area contributed by atoms with E-state index in [0.29, 0.717) is 11.6 Å². The van der Waals surface area contributed by atoms with Crippen LogP contribution in [0.3, 0.4) is 0 Å². The molecule has 0 spiro atoms. The fourth-order valence-electron chi connectivity index (χ4n) is 4.56. The molecule has 2 aliphatic rings. The number of hydrogen-bond donors (Lipinski definition) is 1. The normalized spacial score (nSPS) is 19.2. The van der Waals surface area contributed by atoms with Crippen molar-refractivity contribution >= 4 is 17.3 Å². The van der Waals surface area contributed by atoms with Crippen molar-refractivity contribution in [3.05, 3.63) is 53.6 Å². The first-order chi connectivity index (χ1) is 13.8. The van der Waals surface area contributed by atoms with Gasteiger partial charge in [0, 0.05) is 36.1 Å². The van der Waals surface area contributed by atoms with Crippen LogP contribution in [0.4, 0.5) is 15.8 Å². The SMILES string of the molecule is CN1CCC(CN2CC(C)(C)c3ccc(NC(=O)c4cccnc4F)cc32)CC1. The van der Waals surface area contributed by atoms with Crippen LogP contribution < -0.4 is 10.2 Å². The van der Waals surface area contributed by atoms with Crippen molar-refractivity contribution in [2.75, 3.05) is 43.4 Å². The lowest BCUT2D eigenvalue weighted by Gasteiger charge is -2.33. The van der Waals surface area contributed by atoms with Gasteiger partial charge in [-0.25, -0.2) is 4.98 Å². The van der Waals surface area contributed by atoms with Gasteiger partial charge in [0.05, 0.1) is 5.56 Å². The van der Waals surface area contributed by atoms with Crippen LogP contribution in [0.25, 0.3) is 0 Å². The lowest BCUT2D eigenvalue weighted by Crippen LogP contribution is -2.38. The van der Waals surface area contributed by atoms with Crippen LogP contribution in [0.5, 0.6) is 0 Å². The van der Waals surface area contributed by atoms with Gasteiger partial charge in [0.2, 0.25) is 5.95 Å². The summed E-state index contributed by atoms with van der Waals surface area (Å²) < 4.78 is 13.8. The molecule has 1 N–H and O–H groups in total. The summed E-state index contributed by atoms with van der Waals surface area (Å²) in [5.74, 6) is -0.540. The molecule has 0 bridgehead atoms. The number of anilines is 2. The Balaban J connectivity index is 1.54. The van der Waals surface area contributed by atoms with Gasteiger partial charge in [-0.05, 0) is 68.7 Å². The molecule has 1 fully saturated rings. The minimum absolute atomic E-state index is 0.0449. The summed E-state index contributed by atoms with van der Waals surface area (Å²) in [5.41, 5.74) is 3.19. The number of hydrogen-bond acceptors (Lipinski definition) is 4. The number of fused-ring (bicyclic) bond motifs is 1. The molecule has 5 nitrogen and oxygen atoms in total. The zero-order chi connectivity index (χ0) is 20.6. The number of carbonyl (C=O) groups excluding carboxylic acids is 1. The van der Waals surface area contributed by atoms with Gasteiger partial charge in [0.15, 0.2) is 0 Å². The number of carbonyl (C=O) groups is 1. The number of amides is 1. The van der Waals surface area contributed by atoms with Crippen LogP contribution in [0.15, 0.2) is 36.5 Å². The summed E-state index contributed by atoms with van der Waals surface area (Å²) in [6, 6.07) is 9.04. The molecule has 29 heavy (non-hydrogen) atoms. The van der Waals surface area contributed by atoms with Crippen LogP contribution in [-0.2, 0) is 5.41 Å². The second kappa shape index (κ2) is 7.75. The minimum atomic E-state index is -0.754. The fraction of sp³-hybridized carbons (Fsp3) is 0.478. The van der Waals surface area contributed by atoms with E-state index < -0.39 is 11.9 Å². The van der Waals surface area contributed by atoms with Crippen molar-refractivity contribution in [1.29, 1.82) is 0 Å². The van der Waals surface area contributed by atoms with Crippen LogP contribution in [0.1, 0.15) is 42.6 Å². The molecule has 0 unspecified atom stereocenters. The van der Waals surface area contributed by atoms with Crippen molar-refractivity contribution < 1.29 is 9.18 Å². The Bertz CT molecular complexity index is 906. The van der Waals surface area contributed by atoms with E-state index in [9.17, 15) is 9.18 Å². The second-order valence-corrected chi connectivity index (χ2v) is 9.04. The highest BCUT2D eigenvalue weighted by atomic mass is 19.1. The van der Waals surface area contributed by atoms with Gasteiger partial charge in [-0.3, -0.25) is 4.79 Å². The highest BCUT2D eigenvalue weighted by Crippen LogP contribution is 2.42. The van der Waals surface area contributed by atoms with Crippen molar-refractivity contribution in [2.45, 2.75) is 32.1 Å². The largest absolute Gasteiger partial charge is 0.370 e. The standard InChI is InChI=1S/C23H29FN4O/c1-23(2)15-28(14-16-8-11-27(3)12-9-16)20-13-17(6-7-19(20)23)26-22(29)18-5-4-10-25-21(18)24/h4-7,10,13,16H,8-9,11-12,14-15H2,1-3H3,(H,26,29). The van der Waals surface area contributed by atoms with E-state index in [4.69, 9.17) is 0 Å². The molecular weight excluding hydrogens is 367 g/mol. The zero-order valence-electron chi connectivity index (χ0n) is 17.4. The van der Waals surface area contributed by atoms with Crippen molar-refractivity contribution in [3.8, 4) is 0 Å². The van der Waals surface area contributed by atoms with Crippen molar-refractivity contribution in [2.24, 2.45) is 5.92 Å². The summed E-state index contributed by atoms with van der Waals surface area (Å²) in [6.45, 7) is 8.86. The van der Waals surface area contributed by atoms with E-state index in [1.807, 2.05) is 12.1 Å². The highest BCUT2D eigenvalue weighted by molar-refractivity contribution is 6.04. The maximum Gasteiger partial charge on any atom is 0.260 e. The van der Waals surface area contributed by atoms with E-state index in [2.05, 4.69) is 47.1 Å². The van der Waals surface area contributed by atoms with Gasteiger partial charge in [-0.1, -0.05) is 19.9 Å². The lowest BCUT2D eigenvalue weighted by atomic mass is 9.87. The molecule has 0 saturated carbocycles. The Morgan fingerprint density at radius 3 is 2.76 bits per heavy atom. The smallest absolute Gasteiger partial charge is 0.260 e. The molecule has 1 aromatic carbocycles. The van der Waals surface area contributed by atoms with Gasteiger partial charge in [0.25, 0.3) is 5.91 Å². The molecule has 0 radical (unpaired) electrons. The number of benzene rings is 1. The molecule has 6 heteroatoms. The topological polar surface area (TPSA) is 48.5 Å². The lowest BCUT2D eigenvalue weighted by molar-refractivity contribution is 0.102. The summed E-state index contributed by atoms with van der Waals surface area (Å²) in [6.07, 6.45) is 3.78. The van der Waals surface area contributed by atoms with Crippen LogP contribution in [0, 0.1) is 11.9 Å². The molecule has 2 aromatic rings. The summed E-state index contributed by atoms with van der Waals surface area (Å²) in [7, 11) is 2.19. The van der Waals surface area contributed by atoms with E-state index in [-0.39, 0.29) is 11.0 Å². The Morgan fingerprint density at radius 2 is 2.03 bits per heavy atom. The predicted octanol–water partition coefficient (Wildman–Crippen LogP) is 3.91. The number of pyridine rings is 1. The number of nitrogens with one attached hydrogen (secondary N) is 1. The van der Waals surface area contributed by atoms with E-state index in [0.717, 1.165) is 26.2 Å². The van der Waals surface area contributed by atoms with Gasteiger partial charge < -0.3 is 15.1 Å². The van der Waals surface area contributed by atoms with Gasteiger partial charge >= 0.3 is 0 Å². The number of halogens is 1. The van der Waals surface area contributed by atoms with Crippen LogP contribution in [0.2, 0.25) is 0 Å². The van der Waals surface area contributed by atoms with Gasteiger partial charge in [0.1, 0.15) is 0 Å². The van der Waals surface area contributed by atoms with Crippen molar-refractivity contribution in [3.63, 3.8) is 0 Å². The maximum atomic E-state index is 13.8. The molecule has 0 aliphatic carbocycles. The molecule has 4 rings (SSSR count). The molecule has 1 saturated heterocycles. The molecule has 1 amide bonds. The molecule has 3 heterocycles. The number of rotatable bonds is 4. The second-order valence-electron chi connectivity index (χ2n) is 9.04. The number of nitrogens with zero attached hydrogens (tertiary/aromatic N) is 3. The third kappa shape index (κ3) is 4.13. The number of aromatic nitrogens is 1. The molecule has 0 atom stereocenters. The van der Waals surface area contributed by atoms with Gasteiger partial charge in [-0.2, -0.15) is 4.39 Å². The first-order valence-corrected chi connectivity index (χ1v) is 10.3. The first-order valence-electron chi connectivity index (χ1n) is 10.3. The molecule has 154 valence electrons. The Morgan fingerprint density at radius 1 is 1.28 bits per heavy atom. The molecule has 1 aromatic heterocycles. The summed E-state index contributed by atoms with van der Waals surface area (Å²) in [5, 5.41) is 2.83. The first kappa shape index (κ1) is 19.8. The Kier molecular flexibility index (Phi) is 5.30. The molecule has 2 aliphatic heterocycles. The predicted molar refractivity (Wildman–Crippen MR) is 114 cm³/mol. The fourth-order valence-corrected chi connectivity index (χ4v) is 4.56. The van der Waals surface area contributed by atoms with Crippen LogP contribution >= 0.6 is 0 Å². The van der Waals surface area contributed by atoms with Gasteiger partial charge in [-0.15, -0.1) is 0 Å². The average Bonchev–Trinajstić information content (AvgIpc) is 2.93. The zero-order valence-corrected chi connectivity index (χ0v) is 17.4. The van der Waals surface area contributed by atoms with E-state index in [1.165, 1.54) is 36.4 Å². The van der Waals surface area contributed by atoms with E-state index >= 15 is 0 Å². The average molecular weight is 397 g/mol. The Labute approximate surface area is 171 Å². The third-order valence-corrected chi connectivity index (χ3v) is 6.23. The van der Waals surface area contributed by atoms with Crippen LogP contribution in [-0.4, -0.2) is 49.0 Å². The third-order valence-electron chi connectivity index (χ3n) is 6.23. The quantitative estimate of drug-likeness (QED) is 0.796. The van der Waals surface area contributed by atoms with Crippen molar-refractivity contribution in [1.82, 2.24) is 9.88 Å². The number of likely N-dealkylation sites (tertiary alicyclic amines) is 1. The maximum absolute atomic E-state index is 13.8. The minimum Gasteiger partial charge on any atom is -0.370 e. The number of piperidine rings is 1. The summed E-state index contributed by atoms with van der Waals surface area (Å²) in [4.78, 5) is 20.9. The monoisotopic (exact) mass is 396 g/mol. The van der Waals surface area contributed by atoms with E-state index in [1.54, 1.807) is 6.07 Å². The summed E-state index contributed by atoms with van der Waals surface area (Å²) >= 11 is 0.